The third kappa shape index (κ3) is 2.87. The van der Waals surface area contributed by atoms with Gasteiger partial charge >= 0.3 is 0 Å². The fourth-order valence-electron chi connectivity index (χ4n) is 2.52. The molecule has 108 valence electrons. The molecule has 3 nitrogen and oxygen atoms in total. The minimum atomic E-state index is 0.764. The summed E-state index contributed by atoms with van der Waals surface area (Å²) in [5, 5.41) is 4.60. The fraction of sp³-hybridized carbons (Fsp3) is 0.471. The van der Waals surface area contributed by atoms with Gasteiger partial charge in [-0.25, -0.2) is 0 Å². The number of aromatic nitrogens is 2. The lowest BCUT2D eigenvalue weighted by Crippen LogP contribution is -1.98. The van der Waals surface area contributed by atoms with Gasteiger partial charge in [0.25, 0.3) is 0 Å². The molecule has 1 heterocycles. The highest BCUT2D eigenvalue weighted by molar-refractivity contribution is 5.77. The largest absolute Gasteiger partial charge is 0.383 e. The fourth-order valence-corrected chi connectivity index (χ4v) is 2.52. The Bertz CT molecular complexity index is 597. The molecule has 2 aromatic rings. The standard InChI is InChI=1S/C17H25N3/c1-5-6-7-8-15-16(17(18)20(4)19-15)14-10-9-12(2)13(3)11-14/h9-11H,5-8,18H2,1-4H3. The van der Waals surface area contributed by atoms with Crippen LogP contribution in [0, 0.1) is 13.8 Å². The molecular weight excluding hydrogens is 246 g/mol. The summed E-state index contributed by atoms with van der Waals surface area (Å²) in [7, 11) is 1.92. The summed E-state index contributed by atoms with van der Waals surface area (Å²) in [6, 6.07) is 6.53. The maximum atomic E-state index is 6.23. The van der Waals surface area contributed by atoms with Crippen LogP contribution in [0.5, 0.6) is 0 Å². The number of hydrogen-bond acceptors (Lipinski definition) is 2. The Balaban J connectivity index is 2.40. The predicted molar refractivity (Wildman–Crippen MR) is 85.8 cm³/mol. The van der Waals surface area contributed by atoms with Gasteiger partial charge in [-0.1, -0.05) is 38.0 Å². The summed E-state index contributed by atoms with van der Waals surface area (Å²) >= 11 is 0. The van der Waals surface area contributed by atoms with Gasteiger partial charge in [0.1, 0.15) is 5.82 Å². The number of nitrogens with zero attached hydrogens (tertiary/aromatic N) is 2. The molecular formula is C17H25N3. The van der Waals surface area contributed by atoms with Crippen molar-refractivity contribution in [1.82, 2.24) is 9.78 Å². The first-order valence-electron chi connectivity index (χ1n) is 7.43. The molecule has 0 aliphatic rings. The normalized spacial score (nSPS) is 11.0. The van der Waals surface area contributed by atoms with E-state index < -0.39 is 0 Å². The Hall–Kier alpha value is -1.77. The lowest BCUT2D eigenvalue weighted by atomic mass is 9.98. The average molecular weight is 271 g/mol. The van der Waals surface area contributed by atoms with E-state index in [0.29, 0.717) is 0 Å². The van der Waals surface area contributed by atoms with Gasteiger partial charge in [-0.05, 0) is 43.4 Å². The lowest BCUT2D eigenvalue weighted by molar-refractivity contribution is 0.685. The number of anilines is 1. The molecule has 0 atom stereocenters. The molecule has 0 unspecified atom stereocenters. The van der Waals surface area contributed by atoms with Crippen LogP contribution in [-0.2, 0) is 13.5 Å². The summed E-state index contributed by atoms with van der Waals surface area (Å²) in [5.41, 5.74) is 12.3. The molecule has 2 N–H and O–H groups in total. The monoisotopic (exact) mass is 271 g/mol. The Labute approximate surface area is 121 Å². The summed E-state index contributed by atoms with van der Waals surface area (Å²) < 4.78 is 1.80. The molecule has 20 heavy (non-hydrogen) atoms. The smallest absolute Gasteiger partial charge is 0.129 e. The van der Waals surface area contributed by atoms with Crippen molar-refractivity contribution in [2.24, 2.45) is 7.05 Å². The molecule has 1 aromatic heterocycles. The zero-order valence-corrected chi connectivity index (χ0v) is 13.0. The highest BCUT2D eigenvalue weighted by atomic mass is 15.3. The van der Waals surface area contributed by atoms with Crippen molar-refractivity contribution in [3.8, 4) is 11.1 Å². The van der Waals surface area contributed by atoms with E-state index in [0.717, 1.165) is 23.5 Å². The van der Waals surface area contributed by atoms with Crippen LogP contribution in [0.2, 0.25) is 0 Å². The van der Waals surface area contributed by atoms with E-state index in [4.69, 9.17) is 5.73 Å². The van der Waals surface area contributed by atoms with E-state index >= 15 is 0 Å². The van der Waals surface area contributed by atoms with Crippen molar-refractivity contribution in [1.29, 1.82) is 0 Å². The number of benzene rings is 1. The highest BCUT2D eigenvalue weighted by Crippen LogP contribution is 2.31. The zero-order valence-electron chi connectivity index (χ0n) is 13.0. The van der Waals surface area contributed by atoms with Gasteiger partial charge in [0.2, 0.25) is 0 Å². The van der Waals surface area contributed by atoms with E-state index in [2.05, 4.69) is 44.1 Å². The average Bonchev–Trinajstić information content (AvgIpc) is 2.69. The van der Waals surface area contributed by atoms with Gasteiger partial charge in [-0.15, -0.1) is 0 Å². The minimum absolute atomic E-state index is 0.764. The number of unbranched alkanes of at least 4 members (excludes halogenated alkanes) is 2. The minimum Gasteiger partial charge on any atom is -0.383 e. The van der Waals surface area contributed by atoms with Crippen LogP contribution < -0.4 is 5.73 Å². The molecule has 0 aliphatic carbocycles. The first-order valence-corrected chi connectivity index (χ1v) is 7.43. The molecule has 0 bridgehead atoms. The Morgan fingerprint density at radius 1 is 1.15 bits per heavy atom. The zero-order chi connectivity index (χ0) is 14.7. The number of nitrogen functional groups attached to an aromatic ring is 1. The van der Waals surface area contributed by atoms with Crippen molar-refractivity contribution in [2.75, 3.05) is 5.73 Å². The van der Waals surface area contributed by atoms with Crippen LogP contribution in [0.4, 0.5) is 5.82 Å². The molecule has 0 fully saturated rings. The van der Waals surface area contributed by atoms with Gasteiger partial charge in [0.15, 0.2) is 0 Å². The molecule has 0 amide bonds. The Kier molecular flexibility index (Phi) is 4.48. The first kappa shape index (κ1) is 14.6. The van der Waals surface area contributed by atoms with Crippen molar-refractivity contribution in [3.05, 3.63) is 35.0 Å². The van der Waals surface area contributed by atoms with Crippen molar-refractivity contribution in [3.63, 3.8) is 0 Å². The number of nitrogens with two attached hydrogens (primary N) is 1. The predicted octanol–water partition coefficient (Wildman–Crippen LogP) is 4.02. The van der Waals surface area contributed by atoms with Crippen LogP contribution in [0.3, 0.4) is 0 Å². The number of rotatable bonds is 5. The highest BCUT2D eigenvalue weighted by Gasteiger charge is 2.15. The third-order valence-electron chi connectivity index (χ3n) is 3.98. The SMILES string of the molecule is CCCCCc1nn(C)c(N)c1-c1ccc(C)c(C)c1. The summed E-state index contributed by atoms with van der Waals surface area (Å²) in [4.78, 5) is 0. The van der Waals surface area contributed by atoms with Crippen molar-refractivity contribution < 1.29 is 0 Å². The van der Waals surface area contributed by atoms with Crippen molar-refractivity contribution >= 4 is 5.82 Å². The van der Waals surface area contributed by atoms with Gasteiger partial charge < -0.3 is 5.73 Å². The van der Waals surface area contributed by atoms with Crippen LogP contribution in [0.25, 0.3) is 11.1 Å². The van der Waals surface area contributed by atoms with E-state index in [1.54, 1.807) is 4.68 Å². The summed E-state index contributed by atoms with van der Waals surface area (Å²) in [6.07, 6.45) is 4.63. The van der Waals surface area contributed by atoms with Crippen LogP contribution >= 0.6 is 0 Å². The molecule has 0 radical (unpaired) electrons. The number of aryl methyl sites for hydroxylation is 4. The number of hydrogen-bond donors (Lipinski definition) is 1. The second kappa shape index (κ2) is 6.12. The molecule has 0 aliphatic heterocycles. The molecule has 1 aromatic carbocycles. The summed E-state index contributed by atoms with van der Waals surface area (Å²) in [6.45, 7) is 6.49. The third-order valence-corrected chi connectivity index (χ3v) is 3.98. The summed E-state index contributed by atoms with van der Waals surface area (Å²) in [5.74, 6) is 0.764. The second-order valence-corrected chi connectivity index (χ2v) is 5.59. The van der Waals surface area contributed by atoms with Gasteiger partial charge in [-0.3, -0.25) is 4.68 Å². The molecule has 0 spiro atoms. The first-order chi connectivity index (χ1) is 9.54. The van der Waals surface area contributed by atoms with E-state index in [-0.39, 0.29) is 0 Å². The van der Waals surface area contributed by atoms with Crippen LogP contribution in [0.1, 0.15) is 43.0 Å². The maximum absolute atomic E-state index is 6.23. The van der Waals surface area contributed by atoms with E-state index in [1.807, 2.05) is 7.05 Å². The Morgan fingerprint density at radius 2 is 1.90 bits per heavy atom. The molecule has 0 saturated heterocycles. The molecule has 3 heteroatoms. The Morgan fingerprint density at radius 3 is 2.55 bits per heavy atom. The lowest BCUT2D eigenvalue weighted by Gasteiger charge is -2.07. The quantitative estimate of drug-likeness (QED) is 0.835. The van der Waals surface area contributed by atoms with Crippen molar-refractivity contribution in [2.45, 2.75) is 46.5 Å². The van der Waals surface area contributed by atoms with E-state index in [9.17, 15) is 0 Å². The van der Waals surface area contributed by atoms with Crippen LogP contribution in [0.15, 0.2) is 18.2 Å². The topological polar surface area (TPSA) is 43.8 Å². The maximum Gasteiger partial charge on any atom is 0.129 e. The molecule has 0 saturated carbocycles. The second-order valence-electron chi connectivity index (χ2n) is 5.59. The molecule has 2 rings (SSSR count). The van der Waals surface area contributed by atoms with E-state index in [1.165, 1.54) is 36.0 Å². The van der Waals surface area contributed by atoms with Gasteiger partial charge in [0, 0.05) is 12.6 Å². The van der Waals surface area contributed by atoms with Gasteiger partial charge in [0.05, 0.1) is 5.69 Å². The van der Waals surface area contributed by atoms with Crippen LogP contribution in [-0.4, -0.2) is 9.78 Å². The van der Waals surface area contributed by atoms with Gasteiger partial charge in [-0.2, -0.15) is 5.10 Å².